The highest BCUT2D eigenvalue weighted by Gasteiger charge is 2.36. The zero-order chi connectivity index (χ0) is 12.5. The van der Waals surface area contributed by atoms with Gasteiger partial charge in [-0.05, 0) is 19.9 Å². The van der Waals surface area contributed by atoms with E-state index >= 15 is 0 Å². The van der Waals surface area contributed by atoms with Crippen LogP contribution in [0.15, 0.2) is 0 Å². The molecule has 0 amide bonds. The first-order valence-electron chi connectivity index (χ1n) is 5.42. The summed E-state index contributed by atoms with van der Waals surface area (Å²) >= 11 is 0. The first kappa shape index (κ1) is 12.2. The van der Waals surface area contributed by atoms with Crippen LogP contribution >= 0.6 is 0 Å². The minimum Gasteiger partial charge on any atom is -0.339 e. The van der Waals surface area contributed by atoms with Crippen LogP contribution in [0.25, 0.3) is 0 Å². The Morgan fingerprint density at radius 3 is 2.47 bits per heavy atom. The predicted molar refractivity (Wildman–Crippen MR) is 55.7 cm³/mol. The monoisotopic (exact) mass is 249 g/mol. The maximum atomic E-state index is 12.3. The Hall–Kier alpha value is -1.31. The van der Waals surface area contributed by atoms with E-state index < -0.39 is 12.0 Å². The fourth-order valence-corrected chi connectivity index (χ4v) is 1.89. The number of nitrogens with one attached hydrogen (secondary N) is 2. The third-order valence-corrected chi connectivity index (χ3v) is 2.93. The first-order valence-corrected chi connectivity index (χ1v) is 5.42. The van der Waals surface area contributed by atoms with Crippen LogP contribution in [0.3, 0.4) is 0 Å². The molecule has 1 aromatic heterocycles. The van der Waals surface area contributed by atoms with Gasteiger partial charge in [0.1, 0.15) is 0 Å². The molecular weight excluding hydrogens is 235 g/mol. The maximum absolute atomic E-state index is 12.3. The van der Waals surface area contributed by atoms with Gasteiger partial charge in [0.15, 0.2) is 0 Å². The van der Waals surface area contributed by atoms with E-state index in [0.29, 0.717) is 19.1 Å². The molecule has 1 aromatic rings. The molecule has 1 saturated heterocycles. The SMILES string of the molecule is CNC1CCN(c2n[nH]c(C(F)(F)F)n2)CC1. The van der Waals surface area contributed by atoms with Crippen molar-refractivity contribution in [2.24, 2.45) is 0 Å². The van der Waals surface area contributed by atoms with E-state index in [0.717, 1.165) is 12.8 Å². The van der Waals surface area contributed by atoms with E-state index in [-0.39, 0.29) is 5.95 Å². The molecule has 2 N–H and O–H groups in total. The zero-order valence-corrected chi connectivity index (χ0v) is 9.38. The number of aromatic nitrogens is 3. The summed E-state index contributed by atoms with van der Waals surface area (Å²) in [6, 6.07) is 0.423. The lowest BCUT2D eigenvalue weighted by Crippen LogP contribution is -2.41. The van der Waals surface area contributed by atoms with Crippen LogP contribution in [0, 0.1) is 0 Å². The van der Waals surface area contributed by atoms with Gasteiger partial charge in [0, 0.05) is 19.1 Å². The number of hydrogen-bond donors (Lipinski definition) is 2. The molecule has 0 spiro atoms. The van der Waals surface area contributed by atoms with Gasteiger partial charge in [-0.2, -0.15) is 18.2 Å². The van der Waals surface area contributed by atoms with Gasteiger partial charge in [-0.1, -0.05) is 0 Å². The van der Waals surface area contributed by atoms with Gasteiger partial charge in [0.05, 0.1) is 0 Å². The lowest BCUT2D eigenvalue weighted by Gasteiger charge is -2.30. The van der Waals surface area contributed by atoms with Crippen molar-refractivity contribution in [3.63, 3.8) is 0 Å². The molecule has 1 aliphatic heterocycles. The molecule has 96 valence electrons. The number of aromatic amines is 1. The third-order valence-electron chi connectivity index (χ3n) is 2.93. The summed E-state index contributed by atoms with van der Waals surface area (Å²) in [6.07, 6.45) is -2.70. The summed E-state index contributed by atoms with van der Waals surface area (Å²) in [5.74, 6) is -0.907. The van der Waals surface area contributed by atoms with Crippen molar-refractivity contribution in [2.45, 2.75) is 25.1 Å². The van der Waals surface area contributed by atoms with Crippen LogP contribution in [0.2, 0.25) is 0 Å². The van der Waals surface area contributed by atoms with Gasteiger partial charge < -0.3 is 10.2 Å². The van der Waals surface area contributed by atoms with Gasteiger partial charge in [-0.25, -0.2) is 0 Å². The van der Waals surface area contributed by atoms with Crippen molar-refractivity contribution in [1.29, 1.82) is 0 Å². The standard InChI is InChI=1S/C9H14F3N5/c1-13-6-2-4-17(5-3-6)8-14-7(15-16-8)9(10,11)12/h6,13H,2-5H2,1H3,(H,14,15,16). The average molecular weight is 249 g/mol. The lowest BCUT2D eigenvalue weighted by molar-refractivity contribution is -0.144. The minimum absolute atomic E-state index is 0.131. The van der Waals surface area contributed by atoms with Gasteiger partial charge in [-0.15, -0.1) is 5.10 Å². The van der Waals surface area contributed by atoms with Crippen molar-refractivity contribution in [3.05, 3.63) is 5.82 Å². The van der Waals surface area contributed by atoms with E-state index in [1.807, 2.05) is 12.1 Å². The highest BCUT2D eigenvalue weighted by Crippen LogP contribution is 2.27. The Morgan fingerprint density at radius 1 is 1.35 bits per heavy atom. The Balaban J connectivity index is 2.02. The van der Waals surface area contributed by atoms with Crippen LogP contribution < -0.4 is 10.2 Å². The van der Waals surface area contributed by atoms with Crippen LogP contribution in [0.1, 0.15) is 18.7 Å². The summed E-state index contributed by atoms with van der Waals surface area (Å²) in [4.78, 5) is 5.23. The molecule has 0 radical (unpaired) electrons. The fraction of sp³-hybridized carbons (Fsp3) is 0.778. The quantitative estimate of drug-likeness (QED) is 0.821. The smallest absolute Gasteiger partial charge is 0.339 e. The Labute approximate surface area is 96.4 Å². The topological polar surface area (TPSA) is 56.8 Å². The molecule has 1 fully saturated rings. The van der Waals surface area contributed by atoms with E-state index in [9.17, 15) is 13.2 Å². The Kier molecular flexibility index (Phi) is 3.23. The molecule has 0 saturated carbocycles. The molecule has 0 bridgehead atoms. The predicted octanol–water partition coefficient (Wildman–Crippen LogP) is 1.01. The van der Waals surface area contributed by atoms with Gasteiger partial charge in [0.25, 0.3) is 0 Å². The van der Waals surface area contributed by atoms with E-state index in [4.69, 9.17) is 0 Å². The second kappa shape index (κ2) is 4.52. The lowest BCUT2D eigenvalue weighted by atomic mass is 10.1. The van der Waals surface area contributed by atoms with E-state index in [1.54, 1.807) is 4.90 Å². The maximum Gasteiger partial charge on any atom is 0.451 e. The number of nitrogens with zero attached hydrogens (tertiary/aromatic N) is 3. The zero-order valence-electron chi connectivity index (χ0n) is 9.38. The second-order valence-corrected chi connectivity index (χ2v) is 4.03. The highest BCUT2D eigenvalue weighted by atomic mass is 19.4. The number of rotatable bonds is 2. The molecule has 8 heteroatoms. The van der Waals surface area contributed by atoms with Gasteiger partial charge >= 0.3 is 6.18 Å². The van der Waals surface area contributed by atoms with Gasteiger partial charge in [-0.3, -0.25) is 5.10 Å². The molecular formula is C9H14F3N5. The van der Waals surface area contributed by atoms with Crippen molar-refractivity contribution in [3.8, 4) is 0 Å². The molecule has 0 atom stereocenters. The third kappa shape index (κ3) is 2.68. The fourth-order valence-electron chi connectivity index (χ4n) is 1.89. The normalized spacial score (nSPS) is 18.7. The molecule has 17 heavy (non-hydrogen) atoms. The largest absolute Gasteiger partial charge is 0.451 e. The van der Waals surface area contributed by atoms with Crippen molar-refractivity contribution >= 4 is 5.95 Å². The average Bonchev–Trinajstić information content (AvgIpc) is 2.78. The molecule has 1 aliphatic rings. The molecule has 0 aromatic carbocycles. The van der Waals surface area contributed by atoms with Crippen LogP contribution in [0.4, 0.5) is 19.1 Å². The number of alkyl halides is 3. The Bertz CT molecular complexity index is 367. The second-order valence-electron chi connectivity index (χ2n) is 4.03. The summed E-state index contributed by atoms with van der Waals surface area (Å²) in [7, 11) is 1.88. The number of halogens is 3. The first-order chi connectivity index (χ1) is 8.00. The van der Waals surface area contributed by atoms with E-state index in [1.165, 1.54) is 0 Å². The molecule has 5 nitrogen and oxygen atoms in total. The molecule has 0 aliphatic carbocycles. The van der Waals surface area contributed by atoms with Gasteiger partial charge in [0.2, 0.25) is 11.8 Å². The van der Waals surface area contributed by atoms with Crippen molar-refractivity contribution in [1.82, 2.24) is 20.5 Å². The van der Waals surface area contributed by atoms with Crippen LogP contribution in [-0.4, -0.2) is 41.4 Å². The summed E-state index contributed by atoms with van der Waals surface area (Å²) in [6.45, 7) is 1.33. The summed E-state index contributed by atoms with van der Waals surface area (Å²) < 4.78 is 37.0. The van der Waals surface area contributed by atoms with Crippen LogP contribution in [0.5, 0.6) is 0 Å². The molecule has 0 unspecified atom stereocenters. The number of anilines is 1. The molecule has 2 rings (SSSR count). The summed E-state index contributed by atoms with van der Waals surface area (Å²) in [5.41, 5.74) is 0. The number of piperidine rings is 1. The van der Waals surface area contributed by atoms with Crippen LogP contribution in [-0.2, 0) is 6.18 Å². The number of H-pyrrole nitrogens is 1. The Morgan fingerprint density at radius 2 is 2.00 bits per heavy atom. The summed E-state index contributed by atoms with van der Waals surface area (Å²) in [5, 5.41) is 8.68. The molecule has 2 heterocycles. The van der Waals surface area contributed by atoms with Crippen molar-refractivity contribution in [2.75, 3.05) is 25.0 Å². The number of hydrogen-bond acceptors (Lipinski definition) is 4. The minimum atomic E-state index is -4.46. The van der Waals surface area contributed by atoms with Crippen molar-refractivity contribution < 1.29 is 13.2 Å². The highest BCUT2D eigenvalue weighted by molar-refractivity contribution is 5.29. The van der Waals surface area contributed by atoms with E-state index in [2.05, 4.69) is 15.4 Å².